The fourth-order valence-electron chi connectivity index (χ4n) is 4.44. The smallest absolute Gasteiger partial charge is 0.331 e. The summed E-state index contributed by atoms with van der Waals surface area (Å²) in [4.78, 5) is 11.7. The van der Waals surface area contributed by atoms with Crippen LogP contribution in [0.5, 0.6) is 0 Å². The van der Waals surface area contributed by atoms with Gasteiger partial charge in [0.2, 0.25) is 0 Å². The number of unbranched alkanes of at least 4 members (excludes halogenated alkanes) is 4. The van der Waals surface area contributed by atoms with Crippen LogP contribution in [0, 0.1) is 11.8 Å². The molecule has 0 amide bonds. The van der Waals surface area contributed by atoms with Crippen molar-refractivity contribution in [3.05, 3.63) is 11.6 Å². The zero-order valence-electron chi connectivity index (χ0n) is 22.1. The number of carbonyl (C=O) groups is 1. The fraction of sp³-hybridized carbons (Fsp3) is 0.889. The number of rotatable bonds is 16. The Bertz CT molecular complexity index is 579. The van der Waals surface area contributed by atoms with Crippen molar-refractivity contribution in [3.8, 4) is 0 Å². The van der Waals surface area contributed by atoms with E-state index in [9.17, 15) is 15.0 Å². The highest BCUT2D eigenvalue weighted by Crippen LogP contribution is 2.38. The first-order valence-electron chi connectivity index (χ1n) is 13.2. The lowest BCUT2D eigenvalue weighted by Crippen LogP contribution is -2.46. The molecule has 0 aromatic rings. The van der Waals surface area contributed by atoms with Crippen LogP contribution in [0.3, 0.4) is 0 Å². The summed E-state index contributed by atoms with van der Waals surface area (Å²) in [5, 5.41) is 20.1. The molecule has 1 aliphatic rings. The van der Waals surface area contributed by atoms with E-state index in [1.807, 2.05) is 0 Å². The van der Waals surface area contributed by atoms with Crippen molar-refractivity contribution in [1.82, 2.24) is 0 Å². The summed E-state index contributed by atoms with van der Waals surface area (Å²) < 4.78 is 6.16. The lowest BCUT2D eigenvalue weighted by molar-refractivity contribution is -0.146. The molecule has 0 radical (unpaired) electrons. The van der Waals surface area contributed by atoms with E-state index in [0.717, 1.165) is 44.4 Å². The molecule has 0 aromatic carbocycles. The van der Waals surface area contributed by atoms with Crippen molar-refractivity contribution in [2.24, 2.45) is 11.8 Å². The first kappa shape index (κ1) is 29.4. The van der Waals surface area contributed by atoms with Gasteiger partial charge in [0.05, 0.1) is 6.10 Å². The lowest BCUT2D eigenvalue weighted by Gasteiger charge is -2.38. The van der Waals surface area contributed by atoms with Gasteiger partial charge in [-0.1, -0.05) is 91.2 Å². The first-order chi connectivity index (χ1) is 14.9. The van der Waals surface area contributed by atoms with E-state index in [1.54, 1.807) is 0 Å². The Morgan fingerprint density at radius 1 is 1.12 bits per heavy atom. The minimum absolute atomic E-state index is 0.00947. The fourth-order valence-corrected chi connectivity index (χ4v) is 5.72. The maximum absolute atomic E-state index is 11.7. The average Bonchev–Trinajstić information content (AvgIpc) is 3.04. The van der Waals surface area contributed by atoms with Crippen LogP contribution in [0.25, 0.3) is 0 Å². The third kappa shape index (κ3) is 10.1. The molecule has 0 heterocycles. The molecule has 1 unspecified atom stereocenters. The zero-order chi connectivity index (χ0) is 24.4. The number of aliphatic hydroxyl groups is 1. The number of carboxylic acids is 1. The van der Waals surface area contributed by atoms with Gasteiger partial charge in [0, 0.05) is 5.92 Å². The van der Waals surface area contributed by atoms with Gasteiger partial charge < -0.3 is 14.6 Å². The van der Waals surface area contributed by atoms with Crippen molar-refractivity contribution in [2.45, 2.75) is 142 Å². The SMILES string of the molecule is CCCCC[C@H](C)CCC1=CC[C@H](O)[C@@H]1CCCCCC(O[Si](C)(C)C(C)(C)C)C(=O)O. The average molecular weight is 469 g/mol. The Hall–Kier alpha value is -0.653. The van der Waals surface area contributed by atoms with Crippen molar-refractivity contribution in [2.75, 3.05) is 0 Å². The van der Waals surface area contributed by atoms with Crippen LogP contribution < -0.4 is 0 Å². The molecule has 5 heteroatoms. The number of carboxylic acid groups (broad SMARTS) is 1. The Kier molecular flexibility index (Phi) is 12.8. The molecule has 0 spiro atoms. The third-order valence-electron chi connectivity index (χ3n) is 7.79. The van der Waals surface area contributed by atoms with E-state index < -0.39 is 20.4 Å². The summed E-state index contributed by atoms with van der Waals surface area (Å²) in [6, 6.07) is 0. The first-order valence-corrected chi connectivity index (χ1v) is 16.1. The molecule has 2 N–H and O–H groups in total. The number of aliphatic carboxylic acids is 1. The van der Waals surface area contributed by atoms with Crippen molar-refractivity contribution < 1.29 is 19.4 Å². The molecular weight excluding hydrogens is 416 g/mol. The van der Waals surface area contributed by atoms with Crippen molar-refractivity contribution in [1.29, 1.82) is 0 Å². The van der Waals surface area contributed by atoms with E-state index in [1.165, 1.54) is 37.7 Å². The van der Waals surface area contributed by atoms with Crippen LogP contribution in [-0.4, -0.2) is 36.7 Å². The highest BCUT2D eigenvalue weighted by atomic mass is 28.4. The Labute approximate surface area is 199 Å². The van der Waals surface area contributed by atoms with Gasteiger partial charge in [-0.3, -0.25) is 0 Å². The van der Waals surface area contributed by atoms with Gasteiger partial charge in [-0.25, -0.2) is 4.79 Å². The van der Waals surface area contributed by atoms with Crippen molar-refractivity contribution in [3.63, 3.8) is 0 Å². The highest BCUT2D eigenvalue weighted by molar-refractivity contribution is 6.74. The number of aliphatic hydroxyl groups excluding tert-OH is 1. The molecule has 0 saturated heterocycles. The molecule has 188 valence electrons. The van der Waals surface area contributed by atoms with Crippen LogP contribution in [0.15, 0.2) is 11.6 Å². The van der Waals surface area contributed by atoms with Gasteiger partial charge in [-0.15, -0.1) is 0 Å². The standard InChI is InChI=1S/C27H52O4Si/c1-8-9-11-14-21(2)17-18-22-19-20-24(28)23(22)15-12-10-13-16-25(26(29)30)31-32(6,7)27(3,4)5/h19,21,23-25,28H,8-18,20H2,1-7H3,(H,29,30)/t21-,23+,24-,25?/m0/s1. The second-order valence-corrected chi connectivity index (χ2v) is 16.4. The quantitative estimate of drug-likeness (QED) is 0.138. The van der Waals surface area contributed by atoms with Gasteiger partial charge >= 0.3 is 5.97 Å². The summed E-state index contributed by atoms with van der Waals surface area (Å²) in [7, 11) is -2.09. The molecule has 1 rings (SSSR count). The van der Waals surface area contributed by atoms with Gasteiger partial charge in [0.15, 0.2) is 8.32 Å². The lowest BCUT2D eigenvalue weighted by atomic mass is 9.87. The molecule has 32 heavy (non-hydrogen) atoms. The summed E-state index contributed by atoms with van der Waals surface area (Å²) in [6.45, 7) is 15.3. The maximum Gasteiger partial charge on any atom is 0.331 e. The van der Waals surface area contributed by atoms with Crippen LogP contribution in [0.2, 0.25) is 18.1 Å². The molecule has 4 atom stereocenters. The minimum atomic E-state index is -2.09. The molecule has 0 aromatic heterocycles. The molecule has 4 nitrogen and oxygen atoms in total. The molecular formula is C27H52O4Si. The third-order valence-corrected chi connectivity index (χ3v) is 12.3. The maximum atomic E-state index is 11.7. The summed E-state index contributed by atoms with van der Waals surface area (Å²) in [5.41, 5.74) is 1.46. The molecule has 0 bridgehead atoms. The Morgan fingerprint density at radius 3 is 2.38 bits per heavy atom. The largest absolute Gasteiger partial charge is 0.479 e. The number of hydrogen-bond donors (Lipinski definition) is 2. The van der Waals surface area contributed by atoms with Crippen LogP contribution in [0.4, 0.5) is 0 Å². The second kappa shape index (κ2) is 13.9. The number of hydrogen-bond acceptors (Lipinski definition) is 3. The molecule has 0 aliphatic heterocycles. The predicted octanol–water partition coefficient (Wildman–Crippen LogP) is 7.72. The highest BCUT2D eigenvalue weighted by Gasteiger charge is 2.40. The summed E-state index contributed by atoms with van der Waals surface area (Å²) in [6.07, 6.45) is 14.2. The topological polar surface area (TPSA) is 66.8 Å². The predicted molar refractivity (Wildman–Crippen MR) is 138 cm³/mol. The van der Waals surface area contributed by atoms with E-state index in [0.29, 0.717) is 12.3 Å². The van der Waals surface area contributed by atoms with E-state index in [2.05, 4.69) is 53.8 Å². The zero-order valence-corrected chi connectivity index (χ0v) is 23.1. The van der Waals surface area contributed by atoms with Crippen molar-refractivity contribution >= 4 is 14.3 Å². The summed E-state index contributed by atoms with van der Waals surface area (Å²) in [5.74, 6) is 0.227. The van der Waals surface area contributed by atoms with Crippen LogP contribution >= 0.6 is 0 Å². The molecule has 0 saturated carbocycles. The van der Waals surface area contributed by atoms with E-state index in [-0.39, 0.29) is 11.1 Å². The minimum Gasteiger partial charge on any atom is -0.479 e. The summed E-state index contributed by atoms with van der Waals surface area (Å²) >= 11 is 0. The van der Waals surface area contributed by atoms with Crippen LogP contribution in [-0.2, 0) is 9.22 Å². The van der Waals surface area contributed by atoms with Gasteiger partial charge in [0.1, 0.15) is 6.10 Å². The molecule has 1 aliphatic carbocycles. The van der Waals surface area contributed by atoms with Crippen LogP contribution in [0.1, 0.15) is 112 Å². The second-order valence-electron chi connectivity index (χ2n) is 11.7. The normalized spacial score (nSPS) is 21.4. The van der Waals surface area contributed by atoms with Gasteiger partial charge in [-0.05, 0) is 56.2 Å². The Balaban J connectivity index is 2.39. The Morgan fingerprint density at radius 2 is 1.78 bits per heavy atom. The van der Waals surface area contributed by atoms with E-state index >= 15 is 0 Å². The van der Waals surface area contributed by atoms with Gasteiger partial charge in [-0.2, -0.15) is 0 Å². The monoisotopic (exact) mass is 468 g/mol. The van der Waals surface area contributed by atoms with E-state index in [4.69, 9.17) is 4.43 Å². The van der Waals surface area contributed by atoms with Gasteiger partial charge in [0.25, 0.3) is 0 Å². The molecule has 0 fully saturated rings.